The van der Waals surface area contributed by atoms with Gasteiger partial charge in [-0.2, -0.15) is 0 Å². The van der Waals surface area contributed by atoms with Crippen molar-refractivity contribution in [3.63, 3.8) is 0 Å². The quantitative estimate of drug-likeness (QED) is 0.776. The van der Waals surface area contributed by atoms with Gasteiger partial charge in [-0.15, -0.1) is 0 Å². The molecular formula is C18H25NO2. The molecule has 0 saturated carbocycles. The SMILES string of the molecule is CC(=O)c1ccc(C(=O)N2CCC(C(C)(C)C)CC2)cc1. The van der Waals surface area contributed by atoms with Gasteiger partial charge >= 0.3 is 0 Å². The molecule has 1 heterocycles. The Bertz CT molecular complexity index is 517. The van der Waals surface area contributed by atoms with Gasteiger partial charge in [0.2, 0.25) is 0 Å². The molecular weight excluding hydrogens is 262 g/mol. The largest absolute Gasteiger partial charge is 0.339 e. The van der Waals surface area contributed by atoms with E-state index in [9.17, 15) is 9.59 Å². The van der Waals surface area contributed by atoms with E-state index in [4.69, 9.17) is 0 Å². The second-order valence-corrected chi connectivity index (χ2v) is 7.07. The van der Waals surface area contributed by atoms with E-state index in [1.165, 1.54) is 6.92 Å². The number of likely N-dealkylation sites (tertiary alicyclic amines) is 1. The summed E-state index contributed by atoms with van der Waals surface area (Å²) in [6.07, 6.45) is 2.14. The van der Waals surface area contributed by atoms with Crippen LogP contribution in [-0.2, 0) is 0 Å². The number of carbonyl (C=O) groups excluding carboxylic acids is 2. The summed E-state index contributed by atoms with van der Waals surface area (Å²) < 4.78 is 0. The Labute approximate surface area is 127 Å². The summed E-state index contributed by atoms with van der Waals surface area (Å²) in [4.78, 5) is 25.7. The van der Waals surface area contributed by atoms with Crippen molar-refractivity contribution >= 4 is 11.7 Å². The molecule has 0 aliphatic carbocycles. The highest BCUT2D eigenvalue weighted by molar-refractivity contribution is 5.97. The van der Waals surface area contributed by atoms with Gasteiger partial charge in [0.25, 0.3) is 5.91 Å². The highest BCUT2D eigenvalue weighted by Gasteiger charge is 2.30. The Morgan fingerprint density at radius 3 is 1.90 bits per heavy atom. The van der Waals surface area contributed by atoms with Crippen LogP contribution in [0.3, 0.4) is 0 Å². The molecule has 3 nitrogen and oxygen atoms in total. The summed E-state index contributed by atoms with van der Waals surface area (Å²) in [6, 6.07) is 6.98. The fourth-order valence-electron chi connectivity index (χ4n) is 2.98. The fraction of sp³-hybridized carbons (Fsp3) is 0.556. The number of nitrogens with zero attached hydrogens (tertiary/aromatic N) is 1. The van der Waals surface area contributed by atoms with Crippen molar-refractivity contribution in [1.82, 2.24) is 4.90 Å². The summed E-state index contributed by atoms with van der Waals surface area (Å²) in [5.74, 6) is 0.791. The van der Waals surface area contributed by atoms with Crippen LogP contribution in [0.15, 0.2) is 24.3 Å². The van der Waals surface area contributed by atoms with Crippen LogP contribution >= 0.6 is 0 Å². The van der Waals surface area contributed by atoms with Gasteiger partial charge in [0.1, 0.15) is 0 Å². The van der Waals surface area contributed by atoms with Crippen molar-refractivity contribution < 1.29 is 9.59 Å². The molecule has 1 fully saturated rings. The number of carbonyl (C=O) groups is 2. The molecule has 0 unspecified atom stereocenters. The van der Waals surface area contributed by atoms with Gasteiger partial charge in [-0.3, -0.25) is 9.59 Å². The molecule has 0 atom stereocenters. The van der Waals surface area contributed by atoms with Crippen LogP contribution in [0, 0.1) is 11.3 Å². The Kier molecular flexibility index (Phi) is 4.50. The van der Waals surface area contributed by atoms with E-state index in [0.29, 0.717) is 22.5 Å². The van der Waals surface area contributed by atoms with Crippen LogP contribution in [0.4, 0.5) is 0 Å². The number of ketones is 1. The predicted molar refractivity (Wildman–Crippen MR) is 84.5 cm³/mol. The van der Waals surface area contributed by atoms with E-state index in [-0.39, 0.29) is 11.7 Å². The van der Waals surface area contributed by atoms with Crippen molar-refractivity contribution in [2.45, 2.75) is 40.5 Å². The molecule has 0 N–H and O–H groups in total. The van der Waals surface area contributed by atoms with Gasteiger partial charge in [0.15, 0.2) is 5.78 Å². The summed E-state index contributed by atoms with van der Waals surface area (Å²) >= 11 is 0. The maximum Gasteiger partial charge on any atom is 0.253 e. The third-order valence-electron chi connectivity index (χ3n) is 4.55. The number of benzene rings is 1. The van der Waals surface area contributed by atoms with Crippen molar-refractivity contribution in [2.24, 2.45) is 11.3 Å². The molecule has 0 bridgehead atoms. The van der Waals surface area contributed by atoms with Gasteiger partial charge in [-0.25, -0.2) is 0 Å². The van der Waals surface area contributed by atoms with E-state index in [1.54, 1.807) is 24.3 Å². The van der Waals surface area contributed by atoms with Crippen LogP contribution in [0.5, 0.6) is 0 Å². The number of piperidine rings is 1. The molecule has 0 spiro atoms. The number of rotatable bonds is 2. The van der Waals surface area contributed by atoms with Crippen LogP contribution in [0.1, 0.15) is 61.3 Å². The monoisotopic (exact) mass is 287 g/mol. The van der Waals surface area contributed by atoms with Gasteiger partial charge in [-0.1, -0.05) is 32.9 Å². The maximum atomic E-state index is 12.5. The summed E-state index contributed by atoms with van der Waals surface area (Å²) in [5.41, 5.74) is 1.64. The predicted octanol–water partition coefficient (Wildman–Crippen LogP) is 3.79. The molecule has 1 amide bonds. The standard InChI is InChI=1S/C18H25NO2/c1-13(20)14-5-7-15(8-6-14)17(21)19-11-9-16(10-12-19)18(2,3)4/h5-8,16H,9-12H2,1-4H3. The molecule has 0 radical (unpaired) electrons. The first-order chi connectivity index (χ1) is 9.79. The Hall–Kier alpha value is -1.64. The average Bonchev–Trinajstić information content (AvgIpc) is 2.46. The van der Waals surface area contributed by atoms with Crippen molar-refractivity contribution in [2.75, 3.05) is 13.1 Å². The zero-order valence-corrected chi connectivity index (χ0v) is 13.5. The molecule has 1 aliphatic rings. The van der Waals surface area contributed by atoms with E-state index >= 15 is 0 Å². The van der Waals surface area contributed by atoms with E-state index in [0.717, 1.165) is 25.9 Å². The highest BCUT2D eigenvalue weighted by Crippen LogP contribution is 2.34. The zero-order valence-electron chi connectivity index (χ0n) is 13.5. The highest BCUT2D eigenvalue weighted by atomic mass is 16.2. The smallest absolute Gasteiger partial charge is 0.253 e. The molecule has 0 aromatic heterocycles. The number of Topliss-reactive ketones (excluding diaryl/α,β-unsaturated/α-hetero) is 1. The molecule has 2 rings (SSSR count). The van der Waals surface area contributed by atoms with Crippen LogP contribution in [0.25, 0.3) is 0 Å². The molecule has 3 heteroatoms. The van der Waals surface area contributed by atoms with E-state index < -0.39 is 0 Å². The van der Waals surface area contributed by atoms with Gasteiger partial charge < -0.3 is 4.90 Å². The molecule has 1 aromatic carbocycles. The Morgan fingerprint density at radius 2 is 1.48 bits per heavy atom. The van der Waals surface area contributed by atoms with E-state index in [2.05, 4.69) is 20.8 Å². The number of hydrogen-bond acceptors (Lipinski definition) is 2. The molecule has 21 heavy (non-hydrogen) atoms. The minimum absolute atomic E-state index is 0.0278. The normalized spacial score (nSPS) is 16.9. The molecule has 1 saturated heterocycles. The maximum absolute atomic E-state index is 12.5. The second kappa shape index (κ2) is 6.00. The fourth-order valence-corrected chi connectivity index (χ4v) is 2.98. The number of amides is 1. The average molecular weight is 287 g/mol. The van der Waals surface area contributed by atoms with E-state index in [1.807, 2.05) is 4.90 Å². The minimum Gasteiger partial charge on any atom is -0.339 e. The molecule has 1 aromatic rings. The lowest BCUT2D eigenvalue weighted by Crippen LogP contribution is -2.41. The third-order valence-corrected chi connectivity index (χ3v) is 4.55. The first kappa shape index (κ1) is 15.7. The van der Waals surface area contributed by atoms with Gasteiger partial charge in [-0.05, 0) is 43.2 Å². The van der Waals surface area contributed by atoms with Gasteiger partial charge in [0.05, 0.1) is 0 Å². The first-order valence-corrected chi connectivity index (χ1v) is 7.69. The zero-order chi connectivity index (χ0) is 15.6. The molecule has 114 valence electrons. The lowest BCUT2D eigenvalue weighted by Gasteiger charge is -2.38. The minimum atomic E-state index is 0.0278. The van der Waals surface area contributed by atoms with Crippen molar-refractivity contribution in [3.8, 4) is 0 Å². The van der Waals surface area contributed by atoms with Crippen LogP contribution in [0.2, 0.25) is 0 Å². The third kappa shape index (κ3) is 3.72. The van der Waals surface area contributed by atoms with Crippen molar-refractivity contribution in [1.29, 1.82) is 0 Å². The first-order valence-electron chi connectivity index (χ1n) is 7.69. The second-order valence-electron chi connectivity index (χ2n) is 7.07. The topological polar surface area (TPSA) is 37.4 Å². The van der Waals surface area contributed by atoms with Crippen LogP contribution < -0.4 is 0 Å². The Balaban J connectivity index is 2.00. The Morgan fingerprint density at radius 1 is 1.00 bits per heavy atom. The summed E-state index contributed by atoms with van der Waals surface area (Å²) in [6.45, 7) is 10.0. The summed E-state index contributed by atoms with van der Waals surface area (Å²) in [7, 11) is 0. The lowest BCUT2D eigenvalue weighted by molar-refractivity contribution is 0.0608. The van der Waals surface area contributed by atoms with Crippen LogP contribution in [-0.4, -0.2) is 29.7 Å². The van der Waals surface area contributed by atoms with Gasteiger partial charge in [0, 0.05) is 24.2 Å². The summed E-state index contributed by atoms with van der Waals surface area (Å²) in [5, 5.41) is 0. The van der Waals surface area contributed by atoms with Crippen molar-refractivity contribution in [3.05, 3.63) is 35.4 Å². The lowest BCUT2D eigenvalue weighted by atomic mass is 9.75. The number of hydrogen-bond donors (Lipinski definition) is 0. The molecule has 1 aliphatic heterocycles.